The van der Waals surface area contributed by atoms with Gasteiger partial charge in [-0.05, 0) is 56.7 Å². The molecule has 0 aromatic heterocycles. The van der Waals surface area contributed by atoms with Gasteiger partial charge in [0, 0.05) is 11.1 Å². The molecule has 1 amide bonds. The number of para-hydroxylation sites is 2. The second-order valence-corrected chi connectivity index (χ2v) is 8.79. The van der Waals surface area contributed by atoms with E-state index in [4.69, 9.17) is 9.47 Å². The maximum absolute atomic E-state index is 13.6. The molecule has 3 aromatic rings. The van der Waals surface area contributed by atoms with Crippen LogP contribution in [-0.4, -0.2) is 25.7 Å². The molecule has 6 heteroatoms. The average Bonchev–Trinajstić information content (AvgIpc) is 3.18. The number of anilines is 3. The van der Waals surface area contributed by atoms with Crippen molar-refractivity contribution in [2.75, 3.05) is 29.6 Å². The number of amides is 1. The number of nitrogens with zero attached hydrogens (tertiary/aromatic N) is 2. The molecule has 0 saturated heterocycles. The van der Waals surface area contributed by atoms with Crippen molar-refractivity contribution in [3.8, 4) is 22.6 Å². The van der Waals surface area contributed by atoms with Crippen LogP contribution in [0.3, 0.4) is 0 Å². The molecule has 2 aliphatic heterocycles. The minimum Gasteiger partial charge on any atom is -0.496 e. The molecule has 0 atom stereocenters. The molecule has 6 nitrogen and oxygen atoms in total. The monoisotopic (exact) mass is 429 g/mol. The summed E-state index contributed by atoms with van der Waals surface area (Å²) in [7, 11) is 3.34. The predicted octanol–water partition coefficient (Wildman–Crippen LogP) is 5.15. The van der Waals surface area contributed by atoms with Crippen LogP contribution in [0.4, 0.5) is 17.1 Å². The smallest absolute Gasteiger partial charge is 0.270 e. The van der Waals surface area contributed by atoms with Crippen LogP contribution in [0.5, 0.6) is 11.5 Å². The molecule has 0 unspecified atom stereocenters. The quantitative estimate of drug-likeness (QED) is 0.622. The number of carbonyl (C=O) groups is 1. The molecule has 0 bridgehead atoms. The zero-order valence-electron chi connectivity index (χ0n) is 19.0. The summed E-state index contributed by atoms with van der Waals surface area (Å²) in [6.07, 6.45) is 0. The highest BCUT2D eigenvalue weighted by Crippen LogP contribution is 2.51. The lowest BCUT2D eigenvalue weighted by Crippen LogP contribution is -2.57. The molecule has 0 aliphatic carbocycles. The van der Waals surface area contributed by atoms with E-state index in [1.165, 1.54) is 0 Å². The van der Waals surface area contributed by atoms with Crippen LogP contribution >= 0.6 is 0 Å². The van der Waals surface area contributed by atoms with E-state index >= 15 is 0 Å². The summed E-state index contributed by atoms with van der Waals surface area (Å²) in [6.45, 7) is 6.43. The fourth-order valence-electron chi connectivity index (χ4n) is 4.67. The molecule has 0 saturated carbocycles. The lowest BCUT2D eigenvalue weighted by atomic mass is 9.93. The summed E-state index contributed by atoms with van der Waals surface area (Å²) in [5.74, 6) is 1.52. The fourth-order valence-corrected chi connectivity index (χ4v) is 4.67. The van der Waals surface area contributed by atoms with Crippen molar-refractivity contribution in [2.45, 2.75) is 32.9 Å². The van der Waals surface area contributed by atoms with Gasteiger partial charge in [0.1, 0.15) is 22.7 Å². The predicted molar refractivity (Wildman–Crippen MR) is 128 cm³/mol. The zero-order chi connectivity index (χ0) is 22.6. The second-order valence-electron chi connectivity index (χ2n) is 8.79. The number of hydrogen-bond acceptors (Lipinski definition) is 5. The average molecular weight is 430 g/mol. The van der Waals surface area contributed by atoms with Crippen LogP contribution < -0.4 is 24.8 Å². The third-order valence-electron chi connectivity index (χ3n) is 6.23. The molecule has 0 radical (unpaired) electrons. The maximum Gasteiger partial charge on any atom is 0.270 e. The highest BCUT2D eigenvalue weighted by molar-refractivity contribution is 6.12. The molecule has 0 fully saturated rings. The molecule has 1 N–H and O–H groups in total. The van der Waals surface area contributed by atoms with Crippen LogP contribution in [0.2, 0.25) is 0 Å². The van der Waals surface area contributed by atoms with Crippen LogP contribution in [0.15, 0.2) is 54.6 Å². The first kappa shape index (κ1) is 20.2. The standard InChI is InChI=1S/C26H27N3O3/c1-16-10-13-22(31-4)18(14-16)17-11-12-20-24-19(17)15-28(21-8-6-7-9-23(21)32-5)29(24)25(30)26(2,3)27-20/h6-14,27H,15H2,1-5H3. The number of rotatable bonds is 4. The van der Waals surface area contributed by atoms with Crippen LogP contribution in [-0.2, 0) is 11.3 Å². The van der Waals surface area contributed by atoms with Crippen LogP contribution in [0, 0.1) is 6.92 Å². The summed E-state index contributed by atoms with van der Waals surface area (Å²) >= 11 is 0. The van der Waals surface area contributed by atoms with E-state index in [1.54, 1.807) is 14.2 Å². The minimum atomic E-state index is -0.739. The van der Waals surface area contributed by atoms with Crippen LogP contribution in [0.1, 0.15) is 25.0 Å². The van der Waals surface area contributed by atoms with E-state index in [-0.39, 0.29) is 5.91 Å². The second kappa shape index (κ2) is 7.19. The SMILES string of the molecule is COc1ccc(C)cc1-c1ccc2c3c1CN(c1ccccc1OC)N3C(=O)C(C)(C)N2. The largest absolute Gasteiger partial charge is 0.496 e. The van der Waals surface area contributed by atoms with Crippen molar-refractivity contribution in [3.63, 3.8) is 0 Å². The van der Waals surface area contributed by atoms with Gasteiger partial charge >= 0.3 is 0 Å². The van der Waals surface area contributed by atoms with Crippen molar-refractivity contribution in [2.24, 2.45) is 0 Å². The molecule has 2 aliphatic rings. The van der Waals surface area contributed by atoms with Crippen molar-refractivity contribution in [1.82, 2.24) is 0 Å². The first-order valence-corrected chi connectivity index (χ1v) is 10.7. The van der Waals surface area contributed by atoms with E-state index in [0.29, 0.717) is 6.54 Å². The first-order valence-electron chi connectivity index (χ1n) is 10.7. The fraction of sp³-hybridized carbons (Fsp3) is 0.269. The highest BCUT2D eigenvalue weighted by atomic mass is 16.5. The summed E-state index contributed by atoms with van der Waals surface area (Å²) < 4.78 is 11.3. The first-order chi connectivity index (χ1) is 15.4. The number of hydrazine groups is 1. The molecule has 32 heavy (non-hydrogen) atoms. The molecular formula is C26H27N3O3. The number of methoxy groups -OCH3 is 2. The van der Waals surface area contributed by atoms with E-state index in [0.717, 1.165) is 50.8 Å². The number of aryl methyl sites for hydroxylation is 1. The maximum atomic E-state index is 13.6. The number of carbonyl (C=O) groups excluding carboxylic acids is 1. The van der Waals surface area contributed by atoms with Gasteiger partial charge < -0.3 is 14.8 Å². The number of nitrogens with one attached hydrogen (secondary N) is 1. The Labute approximate surface area is 188 Å². The van der Waals surface area contributed by atoms with E-state index < -0.39 is 5.54 Å². The van der Waals surface area contributed by atoms with E-state index in [9.17, 15) is 4.79 Å². The minimum absolute atomic E-state index is 0.0111. The Kier molecular flexibility index (Phi) is 4.55. The lowest BCUT2D eigenvalue weighted by molar-refractivity contribution is -0.122. The highest BCUT2D eigenvalue weighted by Gasteiger charge is 2.47. The summed E-state index contributed by atoms with van der Waals surface area (Å²) in [6, 6.07) is 18.1. The topological polar surface area (TPSA) is 54.0 Å². The Bertz CT molecular complexity index is 1230. The number of benzene rings is 3. The molecule has 5 rings (SSSR count). The van der Waals surface area contributed by atoms with Gasteiger partial charge in [-0.15, -0.1) is 0 Å². The molecule has 0 spiro atoms. The lowest BCUT2D eigenvalue weighted by Gasteiger charge is -2.41. The Balaban J connectivity index is 1.76. The van der Waals surface area contributed by atoms with Crippen molar-refractivity contribution >= 4 is 23.0 Å². The number of hydrogen-bond donors (Lipinski definition) is 1. The third-order valence-corrected chi connectivity index (χ3v) is 6.23. The van der Waals surface area contributed by atoms with E-state index in [2.05, 4.69) is 30.4 Å². The van der Waals surface area contributed by atoms with Gasteiger partial charge in [0.15, 0.2) is 0 Å². The van der Waals surface area contributed by atoms with E-state index in [1.807, 2.05) is 60.3 Å². The van der Waals surface area contributed by atoms with Crippen molar-refractivity contribution < 1.29 is 14.3 Å². The normalized spacial score (nSPS) is 16.0. The number of ether oxygens (including phenoxy) is 2. The summed E-state index contributed by atoms with van der Waals surface area (Å²) in [4.78, 5) is 13.6. The molecule has 164 valence electrons. The van der Waals surface area contributed by atoms with Gasteiger partial charge in [0.25, 0.3) is 5.91 Å². The Morgan fingerprint density at radius 1 is 0.938 bits per heavy atom. The van der Waals surface area contributed by atoms with Gasteiger partial charge in [-0.25, -0.2) is 5.01 Å². The van der Waals surface area contributed by atoms with Gasteiger partial charge in [-0.2, -0.15) is 0 Å². The molecule has 2 heterocycles. The van der Waals surface area contributed by atoms with Crippen molar-refractivity contribution in [1.29, 1.82) is 0 Å². The molecule has 3 aromatic carbocycles. The summed E-state index contributed by atoms with van der Waals surface area (Å²) in [5.41, 5.74) is 6.25. The molecular weight excluding hydrogens is 402 g/mol. The van der Waals surface area contributed by atoms with Crippen molar-refractivity contribution in [3.05, 3.63) is 65.7 Å². The third kappa shape index (κ3) is 2.90. The Morgan fingerprint density at radius 2 is 1.69 bits per heavy atom. The Hall–Kier alpha value is -3.67. The van der Waals surface area contributed by atoms with Gasteiger partial charge in [0.2, 0.25) is 0 Å². The van der Waals surface area contributed by atoms with Gasteiger partial charge in [0.05, 0.1) is 32.1 Å². The zero-order valence-corrected chi connectivity index (χ0v) is 19.0. The van der Waals surface area contributed by atoms with Crippen LogP contribution in [0.25, 0.3) is 11.1 Å². The summed E-state index contributed by atoms with van der Waals surface area (Å²) in [5, 5.41) is 7.26. The van der Waals surface area contributed by atoms with Gasteiger partial charge in [-0.1, -0.05) is 29.8 Å². The Morgan fingerprint density at radius 3 is 2.44 bits per heavy atom. The van der Waals surface area contributed by atoms with Gasteiger partial charge in [-0.3, -0.25) is 9.80 Å².